The molecule has 0 aromatic heterocycles. The Balaban J connectivity index is 2.25. The number of benzene rings is 1. The van der Waals surface area contributed by atoms with Crippen molar-refractivity contribution in [2.24, 2.45) is 16.8 Å². The number of nitriles is 1. The molecule has 0 bridgehead atoms. The Bertz CT molecular complexity index is 625. The first-order valence-corrected chi connectivity index (χ1v) is 7.14. The number of hydrazone groups is 1. The topological polar surface area (TPSA) is 101 Å². The average molecular weight is 302 g/mol. The van der Waals surface area contributed by atoms with Gasteiger partial charge in [-0.3, -0.25) is 10.8 Å². The number of anilines is 2. The van der Waals surface area contributed by atoms with Crippen molar-refractivity contribution in [3.63, 3.8) is 0 Å². The molecule has 2 rings (SSSR count). The number of amidine groups is 1. The highest BCUT2D eigenvalue weighted by molar-refractivity contribution is 6.45. The maximum atomic E-state index is 13.5. The second-order valence-electron chi connectivity index (χ2n) is 5.43. The van der Waals surface area contributed by atoms with E-state index in [0.29, 0.717) is 11.6 Å². The smallest absolute Gasteiger partial charge is 0.201 e. The van der Waals surface area contributed by atoms with E-state index in [1.54, 1.807) is 12.1 Å². The number of nitrogens with two attached hydrogens (primary N) is 1. The average Bonchev–Trinajstić information content (AvgIpc) is 2.49. The van der Waals surface area contributed by atoms with Crippen LogP contribution in [0, 0.1) is 28.5 Å². The number of halogens is 1. The minimum Gasteiger partial charge on any atom is -0.382 e. The number of nitrogens with zero attached hydrogens (tertiary/aromatic N) is 3. The van der Waals surface area contributed by atoms with Crippen LogP contribution in [0.1, 0.15) is 19.8 Å². The molecule has 0 amide bonds. The Morgan fingerprint density at radius 3 is 2.77 bits per heavy atom. The second kappa shape index (κ2) is 6.89. The zero-order valence-corrected chi connectivity index (χ0v) is 12.4. The lowest BCUT2D eigenvalue weighted by Crippen LogP contribution is -2.33. The number of piperidine rings is 1. The van der Waals surface area contributed by atoms with Gasteiger partial charge in [-0.2, -0.15) is 10.4 Å². The van der Waals surface area contributed by atoms with Gasteiger partial charge in [-0.05, 0) is 30.9 Å². The molecule has 0 saturated carbocycles. The first-order valence-electron chi connectivity index (χ1n) is 7.14. The molecule has 0 aliphatic carbocycles. The van der Waals surface area contributed by atoms with Crippen LogP contribution in [-0.2, 0) is 0 Å². The van der Waals surface area contributed by atoms with E-state index in [1.165, 1.54) is 12.1 Å². The van der Waals surface area contributed by atoms with Crippen molar-refractivity contribution in [2.75, 3.05) is 23.4 Å². The fraction of sp³-hybridized carbons (Fsp3) is 0.400. The van der Waals surface area contributed by atoms with Crippen LogP contribution in [0.5, 0.6) is 0 Å². The second-order valence-corrected chi connectivity index (χ2v) is 5.43. The van der Waals surface area contributed by atoms with E-state index >= 15 is 0 Å². The van der Waals surface area contributed by atoms with Crippen LogP contribution in [0.2, 0.25) is 0 Å². The van der Waals surface area contributed by atoms with Crippen LogP contribution in [0.3, 0.4) is 0 Å². The van der Waals surface area contributed by atoms with Gasteiger partial charge < -0.3 is 10.6 Å². The molecule has 1 saturated heterocycles. The molecule has 0 atom stereocenters. The molecule has 7 heteroatoms. The van der Waals surface area contributed by atoms with Crippen molar-refractivity contribution in [2.45, 2.75) is 19.8 Å². The molecular formula is C15H19FN6. The largest absolute Gasteiger partial charge is 0.382 e. The summed E-state index contributed by atoms with van der Waals surface area (Å²) in [5.74, 6) is -0.137. The quantitative estimate of drug-likeness (QED) is 0.451. The molecular weight excluding hydrogens is 283 g/mol. The fourth-order valence-corrected chi connectivity index (χ4v) is 2.38. The summed E-state index contributed by atoms with van der Waals surface area (Å²) in [6, 6.07) is 6.15. The third-order valence-electron chi connectivity index (χ3n) is 3.73. The minimum absolute atomic E-state index is 0.234. The molecule has 1 heterocycles. The highest BCUT2D eigenvalue weighted by atomic mass is 19.1. The van der Waals surface area contributed by atoms with E-state index in [9.17, 15) is 4.39 Å². The Morgan fingerprint density at radius 2 is 2.18 bits per heavy atom. The Labute approximate surface area is 128 Å². The van der Waals surface area contributed by atoms with Gasteiger partial charge in [-0.25, -0.2) is 4.39 Å². The SMILES string of the molecule is CC1CCN(c2ccc(F)cc2N/N=C(\C#N)C(=N)N)CC1. The van der Waals surface area contributed by atoms with Gasteiger partial charge in [0, 0.05) is 19.2 Å². The van der Waals surface area contributed by atoms with Gasteiger partial charge in [0.25, 0.3) is 0 Å². The monoisotopic (exact) mass is 302 g/mol. The zero-order chi connectivity index (χ0) is 16.1. The first kappa shape index (κ1) is 15.8. The van der Waals surface area contributed by atoms with E-state index in [1.807, 2.05) is 0 Å². The third kappa shape index (κ3) is 3.73. The van der Waals surface area contributed by atoms with E-state index in [4.69, 9.17) is 16.4 Å². The number of nitrogens with one attached hydrogen (secondary N) is 2. The van der Waals surface area contributed by atoms with Gasteiger partial charge in [0.1, 0.15) is 11.9 Å². The number of hydrogen-bond donors (Lipinski definition) is 3. The maximum Gasteiger partial charge on any atom is 0.201 e. The molecule has 0 radical (unpaired) electrons. The van der Waals surface area contributed by atoms with Gasteiger partial charge in [-0.15, -0.1) is 0 Å². The highest BCUT2D eigenvalue weighted by Gasteiger charge is 2.18. The van der Waals surface area contributed by atoms with Crippen molar-refractivity contribution < 1.29 is 4.39 Å². The van der Waals surface area contributed by atoms with Gasteiger partial charge in [0.05, 0.1) is 11.4 Å². The first-order chi connectivity index (χ1) is 10.5. The van der Waals surface area contributed by atoms with E-state index in [2.05, 4.69) is 22.4 Å². The normalized spacial score (nSPS) is 16.2. The molecule has 1 aliphatic rings. The Kier molecular flexibility index (Phi) is 4.94. The van der Waals surface area contributed by atoms with Crippen LogP contribution in [0.25, 0.3) is 0 Å². The van der Waals surface area contributed by atoms with Crippen LogP contribution >= 0.6 is 0 Å². The summed E-state index contributed by atoms with van der Waals surface area (Å²) in [5.41, 5.74) is 8.96. The van der Waals surface area contributed by atoms with Gasteiger partial charge in [-0.1, -0.05) is 6.92 Å². The molecule has 0 spiro atoms. The summed E-state index contributed by atoms with van der Waals surface area (Å²) < 4.78 is 13.5. The van der Waals surface area contributed by atoms with Crippen LogP contribution < -0.4 is 16.1 Å². The van der Waals surface area contributed by atoms with Gasteiger partial charge >= 0.3 is 0 Å². The molecule has 22 heavy (non-hydrogen) atoms. The van der Waals surface area contributed by atoms with Crippen molar-refractivity contribution in [3.05, 3.63) is 24.0 Å². The summed E-state index contributed by atoms with van der Waals surface area (Å²) in [4.78, 5) is 2.16. The molecule has 1 aromatic carbocycles. The summed E-state index contributed by atoms with van der Waals surface area (Å²) >= 11 is 0. The van der Waals surface area contributed by atoms with Crippen LogP contribution in [-0.4, -0.2) is 24.6 Å². The molecule has 6 nitrogen and oxygen atoms in total. The standard InChI is InChI=1S/C15H19FN6/c1-10-4-6-22(7-5-10)14-3-2-11(16)8-12(14)20-21-13(9-17)15(18)19/h2-3,8,10,20H,4-7H2,1H3,(H3,18,19)/b21-13+. The van der Waals surface area contributed by atoms with Crippen molar-refractivity contribution >= 4 is 22.9 Å². The lowest BCUT2D eigenvalue weighted by Gasteiger charge is -2.33. The zero-order valence-electron chi connectivity index (χ0n) is 12.4. The summed E-state index contributed by atoms with van der Waals surface area (Å²) in [7, 11) is 0. The van der Waals surface area contributed by atoms with Crippen LogP contribution in [0.15, 0.2) is 23.3 Å². The molecule has 116 valence electrons. The fourth-order valence-electron chi connectivity index (χ4n) is 2.38. The third-order valence-corrected chi connectivity index (χ3v) is 3.73. The molecule has 0 unspecified atom stereocenters. The molecule has 1 fully saturated rings. The Morgan fingerprint density at radius 1 is 1.50 bits per heavy atom. The number of rotatable bonds is 4. The predicted molar refractivity (Wildman–Crippen MR) is 85.6 cm³/mol. The van der Waals surface area contributed by atoms with E-state index < -0.39 is 11.7 Å². The number of hydrogen-bond acceptors (Lipinski definition) is 5. The van der Waals surface area contributed by atoms with Gasteiger partial charge in [0.15, 0.2) is 5.84 Å². The summed E-state index contributed by atoms with van der Waals surface area (Å²) in [6.45, 7) is 4.00. The lowest BCUT2D eigenvalue weighted by molar-refractivity contribution is 0.438. The summed E-state index contributed by atoms with van der Waals surface area (Å²) in [6.07, 6.45) is 2.16. The predicted octanol–water partition coefficient (Wildman–Crippen LogP) is 2.29. The molecule has 1 aliphatic heterocycles. The molecule has 1 aromatic rings. The van der Waals surface area contributed by atoms with E-state index in [0.717, 1.165) is 31.6 Å². The highest BCUT2D eigenvalue weighted by Crippen LogP contribution is 2.30. The van der Waals surface area contributed by atoms with Crippen molar-refractivity contribution in [1.82, 2.24) is 0 Å². The van der Waals surface area contributed by atoms with E-state index in [-0.39, 0.29) is 5.71 Å². The minimum atomic E-state index is -0.431. The van der Waals surface area contributed by atoms with Crippen molar-refractivity contribution in [3.8, 4) is 6.07 Å². The summed E-state index contributed by atoms with van der Waals surface area (Å²) in [5, 5.41) is 19.9. The lowest BCUT2D eigenvalue weighted by atomic mass is 9.98. The Hall–Kier alpha value is -2.62. The van der Waals surface area contributed by atoms with Crippen LogP contribution in [0.4, 0.5) is 15.8 Å². The van der Waals surface area contributed by atoms with Crippen molar-refractivity contribution in [1.29, 1.82) is 10.7 Å². The van der Waals surface area contributed by atoms with Gasteiger partial charge in [0.2, 0.25) is 5.71 Å². The maximum absolute atomic E-state index is 13.5. The molecule has 4 N–H and O–H groups in total.